The number of rotatable bonds is 12. The van der Waals surface area contributed by atoms with Crippen LogP contribution in [0.3, 0.4) is 0 Å². The summed E-state index contributed by atoms with van der Waals surface area (Å²) in [6.45, 7) is 26.8. The van der Waals surface area contributed by atoms with Gasteiger partial charge in [0.25, 0.3) is 0 Å². The van der Waals surface area contributed by atoms with Gasteiger partial charge in [0.05, 0.1) is 0 Å². The number of hydrogen-bond acceptors (Lipinski definition) is 2. The summed E-state index contributed by atoms with van der Waals surface area (Å²) >= 11 is 0. The van der Waals surface area contributed by atoms with Crippen molar-refractivity contribution < 1.29 is 75.7 Å². The smallest absolute Gasteiger partial charge is 0.830 e. The molecule has 0 amide bonds. The number of hydrogen-bond donors (Lipinski definition) is 0. The first-order valence-electron chi connectivity index (χ1n) is 11.2. The molecule has 0 bridgehead atoms. The molecule has 0 aliphatic carbocycles. The van der Waals surface area contributed by atoms with Crippen LogP contribution in [-0.2, 0) is 0 Å². The van der Waals surface area contributed by atoms with Gasteiger partial charge in [0.2, 0.25) is 0 Å². The predicted octanol–water partition coefficient (Wildman–Crippen LogP) is 6.69. The third kappa shape index (κ3) is 18.8. The minimum atomic E-state index is -6.98. The first-order valence-corrected chi connectivity index (χ1v) is 21.6. The number of nitrogens with zero attached hydrogens (tertiary/aromatic N) is 4. The van der Waals surface area contributed by atoms with Crippen LogP contribution in [0.5, 0.6) is 0 Å². The van der Waals surface area contributed by atoms with Gasteiger partial charge in [-0.15, -0.1) is 19.6 Å². The number of alkyl halides is 9. The van der Waals surface area contributed by atoms with Gasteiger partial charge in [-0.3, -0.25) is 0 Å². The van der Waals surface area contributed by atoms with Crippen molar-refractivity contribution in [2.45, 2.75) is 83.1 Å². The summed E-state index contributed by atoms with van der Waals surface area (Å²) in [5.74, 6) is 0. The molecule has 0 aromatic heterocycles. The fourth-order valence-corrected chi connectivity index (χ4v) is 4.71. The van der Waals surface area contributed by atoms with Gasteiger partial charge in [0.1, 0.15) is 0 Å². The largest absolute Gasteiger partial charge is 4.00 e. The minimum Gasteiger partial charge on any atom is -0.830 e. The predicted molar refractivity (Wildman–Crippen MR) is 132 cm³/mol. The van der Waals surface area contributed by atoms with Gasteiger partial charge in [-0.05, 0) is 19.6 Å². The molecule has 0 aliphatic heterocycles. The molecule has 0 aromatic carbocycles. The number of halogens is 9. The second-order valence-electron chi connectivity index (χ2n) is 11.2. The van der Waals surface area contributed by atoms with Crippen molar-refractivity contribution in [2.24, 2.45) is 0 Å². The summed E-state index contributed by atoms with van der Waals surface area (Å²) in [6, 6.07) is 0. The average Bonchev–Trinajstić information content (AvgIpc) is 2.55. The van der Waals surface area contributed by atoms with Gasteiger partial charge in [0, 0.05) is 0 Å². The van der Waals surface area contributed by atoms with Crippen molar-refractivity contribution in [3.8, 4) is 0 Å². The van der Waals surface area contributed by atoms with Crippen molar-refractivity contribution in [1.82, 2.24) is 4.90 Å². The van der Waals surface area contributed by atoms with Gasteiger partial charge in [-0.1, -0.05) is 83.6 Å². The van der Waals surface area contributed by atoms with Crippen LogP contribution in [0, 0.1) is 31.1 Å². The van der Waals surface area contributed by atoms with Crippen LogP contribution in [0.15, 0.2) is 0 Å². The molecule has 0 saturated heterocycles. The van der Waals surface area contributed by atoms with Crippen molar-refractivity contribution >= 4 is 24.7 Å². The van der Waals surface area contributed by atoms with E-state index in [0.29, 0.717) is 0 Å². The molecule has 0 saturated carbocycles. The van der Waals surface area contributed by atoms with Crippen LogP contribution >= 0.6 is 0 Å². The zero-order chi connectivity index (χ0) is 29.4. The van der Waals surface area contributed by atoms with Crippen LogP contribution < -0.4 is 5.11 Å². The zero-order valence-electron chi connectivity index (χ0n) is 22.8. The van der Waals surface area contributed by atoms with E-state index in [1.807, 2.05) is 0 Å². The van der Waals surface area contributed by atoms with E-state index in [-0.39, 0.29) is 31.1 Å². The first kappa shape index (κ1) is 42.3. The summed E-state index contributed by atoms with van der Waals surface area (Å²) in [5, 5.41) is 9.79. The Morgan fingerprint density at radius 3 is 0.811 bits per heavy atom. The van der Waals surface area contributed by atoms with E-state index in [2.05, 4.69) is 63.8 Å². The van der Waals surface area contributed by atoms with Crippen LogP contribution in [0.4, 0.5) is 39.5 Å². The maximum atomic E-state index is 11.3. The van der Waals surface area contributed by atoms with Gasteiger partial charge >= 0.3 is 49.6 Å². The Morgan fingerprint density at radius 2 is 0.703 bits per heavy atom. The maximum Gasteiger partial charge on any atom is 4.00 e. The Bertz CT molecular complexity index is 550. The molecule has 220 valence electrons. The van der Waals surface area contributed by atoms with E-state index in [1.165, 1.54) is 0 Å². The normalized spacial score (nSPS) is 14.3. The van der Waals surface area contributed by atoms with E-state index in [4.69, 9.17) is 14.9 Å². The fourth-order valence-electron chi connectivity index (χ4n) is 2.40. The summed E-state index contributed by atoms with van der Waals surface area (Å²) in [7, 11) is -3.84. The topological polar surface area (TPSA) is 68.6 Å². The van der Waals surface area contributed by atoms with Crippen LogP contribution in [0.25, 0.3) is 14.9 Å². The Kier molecular flexibility index (Phi) is 18.0. The third-order valence-corrected chi connectivity index (χ3v) is 7.72. The van der Waals surface area contributed by atoms with Crippen LogP contribution in [-0.4, -0.2) is 93.0 Å². The standard InChI is InChI=1S/C15H39N4Si3.C4F9O.U/c1-20(2,3)16-10-13-19(14-11-17-21(4,5)6)15-12-18-22(7,8)9;5-2(6,7)1(14,3(8,9)10)4(11,12)13;/h10-15H2,1-9H3;;/q-3;-1;+4. The molecule has 0 heterocycles. The maximum absolute atomic E-state index is 11.3. The molecule has 37 heavy (non-hydrogen) atoms. The molecule has 0 atom stereocenters. The van der Waals surface area contributed by atoms with Crippen molar-refractivity contribution in [2.75, 3.05) is 39.3 Å². The van der Waals surface area contributed by atoms with Gasteiger partial charge in [-0.2, -0.15) is 39.5 Å². The molecule has 0 aromatic rings. The second-order valence-corrected chi connectivity index (χ2v) is 25.1. The molecular weight excluding hydrogens is 794 g/mol. The molecule has 5 nitrogen and oxygen atoms in total. The van der Waals surface area contributed by atoms with E-state index < -0.39 is 48.8 Å². The summed E-state index contributed by atoms with van der Waals surface area (Å²) in [4.78, 5) is 17.1. The van der Waals surface area contributed by atoms with Crippen molar-refractivity contribution in [1.29, 1.82) is 0 Å². The fraction of sp³-hybridized carbons (Fsp3) is 1.00. The Balaban J connectivity index is -0.000000668. The third-order valence-electron chi connectivity index (χ3n) is 4.20. The van der Waals surface area contributed by atoms with Gasteiger partial charge < -0.3 is 25.0 Å². The molecule has 0 fully saturated rings. The van der Waals surface area contributed by atoms with E-state index >= 15 is 0 Å². The molecule has 0 N–H and O–H groups in total. The average molecular weight is 833 g/mol. The summed E-state index contributed by atoms with van der Waals surface area (Å²) < 4.78 is 102. The van der Waals surface area contributed by atoms with Gasteiger partial charge in [-0.25, -0.2) is 0 Å². The molecular formula is C19H39F9N4OSi3U. The van der Waals surface area contributed by atoms with E-state index in [0.717, 1.165) is 39.3 Å². The molecule has 0 unspecified atom stereocenters. The summed E-state index contributed by atoms with van der Waals surface area (Å²) in [6.07, 6.45) is -20.9. The molecule has 0 rings (SSSR count). The molecule has 18 heteroatoms. The van der Waals surface area contributed by atoms with Gasteiger partial charge in [0.15, 0.2) is 5.60 Å². The summed E-state index contributed by atoms with van der Waals surface area (Å²) in [5.41, 5.74) is -6.94. The van der Waals surface area contributed by atoms with Crippen molar-refractivity contribution in [3.63, 3.8) is 0 Å². The second kappa shape index (κ2) is 15.8. The Hall–Kier alpha value is 0.873. The monoisotopic (exact) mass is 832 g/mol. The SMILES string of the molecule is C[Si](C)(C)[N-]CCN(CC[N-][Si](C)(C)C)CC[N-][Si](C)(C)C.[O-]C(C(F)(F)F)(C(F)(F)F)C(F)(F)F.[U+4]. The zero-order valence-corrected chi connectivity index (χ0v) is 30.0. The Morgan fingerprint density at radius 1 is 0.514 bits per heavy atom. The first-order chi connectivity index (χ1) is 15.5. The Labute approximate surface area is 241 Å². The van der Waals surface area contributed by atoms with Crippen molar-refractivity contribution in [3.05, 3.63) is 14.9 Å². The molecule has 0 spiro atoms. The van der Waals surface area contributed by atoms with Crippen LogP contribution in [0.1, 0.15) is 0 Å². The van der Waals surface area contributed by atoms with Crippen LogP contribution in [0.2, 0.25) is 58.9 Å². The minimum absolute atomic E-state index is 0. The molecule has 0 radical (unpaired) electrons. The van der Waals surface area contributed by atoms with E-state index in [9.17, 15) is 44.6 Å². The van der Waals surface area contributed by atoms with E-state index in [1.54, 1.807) is 0 Å². The molecule has 0 aliphatic rings. The quantitative estimate of drug-likeness (QED) is 0.163.